The standard InChI is InChI=1S/C18H25NO4S2/c1-4-23-18(22)16(12-24-3)19-17(21)15(11-25-13(2)20)10-14-8-6-5-7-9-14/h5-9,15-16H,4,10-12H2,1-3H3,(H,19,21)/t15-,16+/m1/s1. The van der Waals surface area contributed by atoms with Gasteiger partial charge in [0.1, 0.15) is 6.04 Å². The Labute approximate surface area is 157 Å². The molecule has 1 aromatic carbocycles. The van der Waals surface area contributed by atoms with Crippen molar-refractivity contribution in [3.05, 3.63) is 35.9 Å². The Morgan fingerprint density at radius 2 is 1.84 bits per heavy atom. The average Bonchev–Trinajstić information content (AvgIpc) is 2.59. The molecule has 0 radical (unpaired) electrons. The minimum absolute atomic E-state index is 0.0306. The molecule has 0 saturated heterocycles. The monoisotopic (exact) mass is 383 g/mol. The largest absolute Gasteiger partial charge is 0.464 e. The van der Waals surface area contributed by atoms with E-state index in [9.17, 15) is 14.4 Å². The van der Waals surface area contributed by atoms with Gasteiger partial charge in [-0.15, -0.1) is 0 Å². The summed E-state index contributed by atoms with van der Waals surface area (Å²) in [6.45, 7) is 3.49. The summed E-state index contributed by atoms with van der Waals surface area (Å²) >= 11 is 2.59. The molecule has 138 valence electrons. The third-order valence-electron chi connectivity index (χ3n) is 3.40. The van der Waals surface area contributed by atoms with E-state index in [1.54, 1.807) is 6.92 Å². The molecule has 5 nitrogen and oxygen atoms in total. The molecule has 0 aliphatic heterocycles. The Hall–Kier alpha value is -1.47. The van der Waals surface area contributed by atoms with Gasteiger partial charge in [-0.3, -0.25) is 9.59 Å². The van der Waals surface area contributed by atoms with Gasteiger partial charge in [-0.1, -0.05) is 42.1 Å². The van der Waals surface area contributed by atoms with Crippen molar-refractivity contribution in [1.29, 1.82) is 0 Å². The predicted octanol–water partition coefficient (Wildman–Crippen LogP) is 2.54. The molecule has 0 aromatic heterocycles. The van der Waals surface area contributed by atoms with Gasteiger partial charge in [0.25, 0.3) is 0 Å². The van der Waals surface area contributed by atoms with Crippen LogP contribution in [0.1, 0.15) is 19.4 Å². The van der Waals surface area contributed by atoms with Gasteiger partial charge in [0.05, 0.1) is 12.5 Å². The van der Waals surface area contributed by atoms with Gasteiger partial charge in [0.2, 0.25) is 5.91 Å². The summed E-state index contributed by atoms with van der Waals surface area (Å²) in [5.74, 6) is -0.226. The molecule has 0 aliphatic rings. The smallest absolute Gasteiger partial charge is 0.329 e. The van der Waals surface area contributed by atoms with Crippen LogP contribution in [0.4, 0.5) is 0 Å². The second-order valence-corrected chi connectivity index (χ2v) is 7.57. The highest BCUT2D eigenvalue weighted by atomic mass is 32.2. The highest BCUT2D eigenvalue weighted by Gasteiger charge is 2.26. The van der Waals surface area contributed by atoms with Gasteiger partial charge < -0.3 is 10.1 Å². The van der Waals surface area contributed by atoms with Crippen molar-refractivity contribution in [1.82, 2.24) is 5.32 Å². The zero-order valence-electron chi connectivity index (χ0n) is 14.8. The fourth-order valence-electron chi connectivity index (χ4n) is 2.21. The van der Waals surface area contributed by atoms with Crippen molar-refractivity contribution in [2.24, 2.45) is 5.92 Å². The van der Waals surface area contributed by atoms with E-state index >= 15 is 0 Å². The average molecular weight is 384 g/mol. The molecule has 0 unspecified atom stereocenters. The van der Waals surface area contributed by atoms with Crippen molar-refractivity contribution in [3.8, 4) is 0 Å². The molecule has 1 amide bonds. The highest BCUT2D eigenvalue weighted by molar-refractivity contribution is 8.13. The number of amides is 1. The summed E-state index contributed by atoms with van der Waals surface area (Å²) < 4.78 is 5.03. The number of thioether (sulfide) groups is 2. The van der Waals surface area contributed by atoms with Crippen LogP contribution in [0.15, 0.2) is 30.3 Å². The lowest BCUT2D eigenvalue weighted by atomic mass is 10.00. The zero-order valence-corrected chi connectivity index (χ0v) is 16.5. The maximum Gasteiger partial charge on any atom is 0.329 e. The Balaban J connectivity index is 2.81. The Bertz CT molecular complexity index is 565. The summed E-state index contributed by atoms with van der Waals surface area (Å²) in [7, 11) is 0. The lowest BCUT2D eigenvalue weighted by Gasteiger charge is -2.21. The van der Waals surface area contributed by atoms with Crippen molar-refractivity contribution in [2.45, 2.75) is 26.3 Å². The van der Waals surface area contributed by atoms with E-state index in [1.165, 1.54) is 18.7 Å². The molecule has 0 heterocycles. The number of rotatable bonds is 10. The summed E-state index contributed by atoms with van der Waals surface area (Å²) in [5, 5.41) is 2.76. The normalized spacial score (nSPS) is 12.9. The molecule has 0 saturated carbocycles. The molecule has 1 rings (SSSR count). The Morgan fingerprint density at radius 3 is 2.40 bits per heavy atom. The van der Waals surface area contributed by atoms with Gasteiger partial charge >= 0.3 is 5.97 Å². The Morgan fingerprint density at radius 1 is 1.16 bits per heavy atom. The maximum absolute atomic E-state index is 12.7. The van der Waals surface area contributed by atoms with Crippen LogP contribution in [0.2, 0.25) is 0 Å². The van der Waals surface area contributed by atoms with Crippen LogP contribution in [-0.4, -0.2) is 47.4 Å². The zero-order chi connectivity index (χ0) is 18.7. The molecule has 25 heavy (non-hydrogen) atoms. The van der Waals surface area contributed by atoms with E-state index in [-0.39, 0.29) is 17.6 Å². The molecule has 1 aromatic rings. The van der Waals surface area contributed by atoms with Crippen LogP contribution in [0.3, 0.4) is 0 Å². The van der Waals surface area contributed by atoms with Gasteiger partial charge in [0, 0.05) is 18.4 Å². The summed E-state index contributed by atoms with van der Waals surface area (Å²) in [5.41, 5.74) is 1.02. The molecule has 7 heteroatoms. The predicted molar refractivity (Wildman–Crippen MR) is 104 cm³/mol. The van der Waals surface area contributed by atoms with Gasteiger partial charge in [-0.2, -0.15) is 11.8 Å². The molecular weight excluding hydrogens is 358 g/mol. The first-order valence-corrected chi connectivity index (χ1v) is 10.5. The van der Waals surface area contributed by atoms with Crippen LogP contribution >= 0.6 is 23.5 Å². The second-order valence-electron chi connectivity index (χ2n) is 5.46. The van der Waals surface area contributed by atoms with E-state index < -0.39 is 17.9 Å². The van der Waals surface area contributed by atoms with Gasteiger partial charge in [0.15, 0.2) is 5.12 Å². The molecular formula is C18H25NO4S2. The van der Waals surface area contributed by atoms with Crippen molar-refractivity contribution in [2.75, 3.05) is 24.4 Å². The topological polar surface area (TPSA) is 72.5 Å². The minimum atomic E-state index is -0.678. The lowest BCUT2D eigenvalue weighted by molar-refractivity contribution is -0.147. The number of carbonyl (C=O) groups excluding carboxylic acids is 3. The number of benzene rings is 1. The number of esters is 1. The third kappa shape index (κ3) is 8.45. The minimum Gasteiger partial charge on any atom is -0.464 e. The van der Waals surface area contributed by atoms with Crippen LogP contribution in [0.5, 0.6) is 0 Å². The number of nitrogens with one attached hydrogen (secondary N) is 1. The van der Waals surface area contributed by atoms with Gasteiger partial charge in [-0.25, -0.2) is 4.79 Å². The number of carbonyl (C=O) groups is 3. The second kappa shape index (κ2) is 12.0. The molecule has 0 bridgehead atoms. The van der Waals surface area contributed by atoms with E-state index in [0.717, 1.165) is 17.3 Å². The van der Waals surface area contributed by atoms with Crippen molar-refractivity contribution >= 4 is 40.5 Å². The van der Waals surface area contributed by atoms with Crippen LogP contribution in [0.25, 0.3) is 0 Å². The molecule has 0 aliphatic carbocycles. The highest BCUT2D eigenvalue weighted by Crippen LogP contribution is 2.16. The fraction of sp³-hybridized carbons (Fsp3) is 0.500. The molecule has 0 spiro atoms. The first-order valence-electron chi connectivity index (χ1n) is 8.11. The number of hydrogen-bond donors (Lipinski definition) is 1. The summed E-state index contributed by atoms with van der Waals surface area (Å²) in [4.78, 5) is 36.0. The van der Waals surface area contributed by atoms with E-state index in [4.69, 9.17) is 4.74 Å². The lowest BCUT2D eigenvalue weighted by Crippen LogP contribution is -2.47. The first-order chi connectivity index (χ1) is 12.0. The summed E-state index contributed by atoms with van der Waals surface area (Å²) in [6, 6.07) is 8.96. The van der Waals surface area contributed by atoms with Crippen LogP contribution in [0, 0.1) is 5.92 Å². The third-order valence-corrected chi connectivity index (χ3v) is 5.05. The van der Waals surface area contributed by atoms with Crippen LogP contribution in [-0.2, 0) is 25.5 Å². The Kier molecular flexibility index (Phi) is 10.3. The SMILES string of the molecule is CCOC(=O)[C@H](CSC)NC(=O)[C@@H](CSC(C)=O)Cc1ccccc1. The quantitative estimate of drug-likeness (QED) is 0.626. The van der Waals surface area contributed by atoms with Crippen molar-refractivity contribution in [3.63, 3.8) is 0 Å². The molecule has 2 atom stereocenters. The molecule has 1 N–H and O–H groups in total. The van der Waals surface area contributed by atoms with E-state index in [1.807, 2.05) is 36.6 Å². The number of ether oxygens (including phenoxy) is 1. The number of hydrogen-bond acceptors (Lipinski definition) is 6. The first kappa shape index (κ1) is 21.6. The summed E-state index contributed by atoms with van der Waals surface area (Å²) in [6.07, 6.45) is 2.38. The van der Waals surface area contributed by atoms with Gasteiger partial charge in [-0.05, 0) is 25.2 Å². The van der Waals surface area contributed by atoms with E-state index in [2.05, 4.69) is 5.32 Å². The molecule has 0 fully saturated rings. The fourth-order valence-corrected chi connectivity index (χ4v) is 3.47. The van der Waals surface area contributed by atoms with Crippen LogP contribution < -0.4 is 5.32 Å². The van der Waals surface area contributed by atoms with Crippen molar-refractivity contribution < 1.29 is 19.1 Å². The van der Waals surface area contributed by atoms with E-state index in [0.29, 0.717) is 17.9 Å². The maximum atomic E-state index is 12.7.